The van der Waals surface area contributed by atoms with Crippen LogP contribution in [0.4, 0.5) is 5.13 Å². The number of methoxy groups -OCH3 is 1. The van der Waals surface area contributed by atoms with Crippen LogP contribution in [0.25, 0.3) is 0 Å². The maximum Gasteiger partial charge on any atom is 0.254 e. The van der Waals surface area contributed by atoms with Crippen molar-refractivity contribution in [2.75, 3.05) is 44.8 Å². The van der Waals surface area contributed by atoms with Gasteiger partial charge in [0.05, 0.1) is 18.7 Å². The van der Waals surface area contributed by atoms with Gasteiger partial charge in [0.1, 0.15) is 0 Å². The summed E-state index contributed by atoms with van der Waals surface area (Å²) >= 11 is 7.95. The molecule has 140 valence electrons. The van der Waals surface area contributed by atoms with Crippen LogP contribution >= 0.6 is 22.9 Å². The fourth-order valence-corrected chi connectivity index (χ4v) is 3.81. The van der Waals surface area contributed by atoms with E-state index >= 15 is 0 Å². The Hall–Kier alpha value is -1.99. The second-order valence-corrected chi connectivity index (χ2v) is 7.21. The average molecular weight is 396 g/mol. The molecule has 3 rings (SSSR count). The van der Waals surface area contributed by atoms with Gasteiger partial charge in [0.15, 0.2) is 16.6 Å². The van der Waals surface area contributed by atoms with Gasteiger partial charge in [-0.15, -0.1) is 11.3 Å². The maximum atomic E-state index is 12.9. The number of nitrogens with zero attached hydrogens (tertiary/aromatic N) is 3. The smallest absolute Gasteiger partial charge is 0.254 e. The van der Waals surface area contributed by atoms with Gasteiger partial charge in [-0.2, -0.15) is 0 Å². The summed E-state index contributed by atoms with van der Waals surface area (Å²) < 4.78 is 11.0. The van der Waals surface area contributed by atoms with E-state index in [9.17, 15) is 4.79 Å². The Balaban J connectivity index is 1.71. The molecule has 1 amide bonds. The van der Waals surface area contributed by atoms with Gasteiger partial charge in [0, 0.05) is 43.3 Å². The first-order chi connectivity index (χ1) is 12.6. The van der Waals surface area contributed by atoms with Gasteiger partial charge in [0.25, 0.3) is 5.91 Å². The van der Waals surface area contributed by atoms with E-state index in [4.69, 9.17) is 21.1 Å². The molecule has 0 saturated carbocycles. The molecule has 2 aromatic rings. The van der Waals surface area contributed by atoms with Crippen molar-refractivity contribution in [3.63, 3.8) is 0 Å². The Kier molecular flexibility index (Phi) is 6.21. The van der Waals surface area contributed by atoms with E-state index in [0.29, 0.717) is 41.8 Å². The highest BCUT2D eigenvalue weighted by Gasteiger charge is 2.25. The van der Waals surface area contributed by atoms with Crippen molar-refractivity contribution >= 4 is 34.0 Å². The van der Waals surface area contributed by atoms with Crippen molar-refractivity contribution in [2.45, 2.75) is 13.3 Å². The Labute approximate surface area is 162 Å². The second kappa shape index (κ2) is 8.60. The minimum Gasteiger partial charge on any atom is -0.493 e. The highest BCUT2D eigenvalue weighted by atomic mass is 35.5. The number of benzene rings is 1. The number of piperazine rings is 1. The predicted molar refractivity (Wildman–Crippen MR) is 104 cm³/mol. The van der Waals surface area contributed by atoms with E-state index in [2.05, 4.69) is 9.88 Å². The first-order valence-electron chi connectivity index (χ1n) is 8.58. The predicted octanol–water partition coefficient (Wildman–Crippen LogP) is 3.56. The average Bonchev–Trinajstić information content (AvgIpc) is 3.21. The Morgan fingerprint density at radius 2 is 2.08 bits per heavy atom. The molecule has 0 unspecified atom stereocenters. The zero-order valence-corrected chi connectivity index (χ0v) is 16.5. The molecule has 0 bridgehead atoms. The summed E-state index contributed by atoms with van der Waals surface area (Å²) in [5, 5.41) is 3.35. The highest BCUT2D eigenvalue weighted by Crippen LogP contribution is 2.37. The molecule has 1 aliphatic rings. The van der Waals surface area contributed by atoms with Crippen LogP contribution in [0.2, 0.25) is 5.02 Å². The number of rotatable bonds is 6. The third kappa shape index (κ3) is 4.04. The van der Waals surface area contributed by atoms with Crippen molar-refractivity contribution in [3.05, 3.63) is 34.3 Å². The molecule has 0 atom stereocenters. The molecule has 1 aromatic heterocycles. The van der Waals surface area contributed by atoms with Crippen molar-refractivity contribution in [2.24, 2.45) is 0 Å². The lowest BCUT2D eigenvalue weighted by Crippen LogP contribution is -2.48. The number of carbonyl (C=O) groups excluding carboxylic acids is 1. The van der Waals surface area contributed by atoms with Gasteiger partial charge in [-0.1, -0.05) is 18.5 Å². The molecule has 1 saturated heterocycles. The maximum absolute atomic E-state index is 12.9. The molecule has 1 aliphatic heterocycles. The topological polar surface area (TPSA) is 54.9 Å². The number of carbonyl (C=O) groups is 1. The molecule has 2 heterocycles. The number of ether oxygens (including phenoxy) is 2. The second-order valence-electron chi connectivity index (χ2n) is 5.93. The Morgan fingerprint density at radius 3 is 2.69 bits per heavy atom. The Bertz CT molecular complexity index is 746. The number of hydrogen-bond donors (Lipinski definition) is 0. The molecular formula is C18H22ClN3O3S. The third-order valence-corrected chi connectivity index (χ3v) is 5.30. The lowest BCUT2D eigenvalue weighted by atomic mass is 10.1. The van der Waals surface area contributed by atoms with Gasteiger partial charge in [-0.05, 0) is 18.6 Å². The molecule has 0 radical (unpaired) electrons. The monoisotopic (exact) mass is 395 g/mol. The van der Waals surface area contributed by atoms with E-state index in [-0.39, 0.29) is 5.91 Å². The van der Waals surface area contributed by atoms with Crippen molar-refractivity contribution in [3.8, 4) is 11.5 Å². The fraction of sp³-hybridized carbons (Fsp3) is 0.444. The van der Waals surface area contributed by atoms with Crippen LogP contribution in [0.5, 0.6) is 11.5 Å². The van der Waals surface area contributed by atoms with E-state index in [1.807, 2.05) is 17.2 Å². The Morgan fingerprint density at radius 1 is 1.31 bits per heavy atom. The summed E-state index contributed by atoms with van der Waals surface area (Å²) in [6, 6.07) is 3.36. The largest absolute Gasteiger partial charge is 0.493 e. The lowest BCUT2D eigenvalue weighted by Gasteiger charge is -2.34. The normalized spacial score (nSPS) is 14.4. The van der Waals surface area contributed by atoms with E-state index in [0.717, 1.165) is 24.6 Å². The van der Waals surface area contributed by atoms with E-state index < -0.39 is 0 Å². The van der Waals surface area contributed by atoms with E-state index in [1.54, 1.807) is 36.8 Å². The summed E-state index contributed by atoms with van der Waals surface area (Å²) in [4.78, 5) is 21.2. The minimum atomic E-state index is -0.0500. The molecule has 0 N–H and O–H groups in total. The van der Waals surface area contributed by atoms with Gasteiger partial charge in [0.2, 0.25) is 0 Å². The zero-order valence-electron chi connectivity index (χ0n) is 14.9. The van der Waals surface area contributed by atoms with Gasteiger partial charge in [-0.3, -0.25) is 4.79 Å². The van der Waals surface area contributed by atoms with Crippen LogP contribution in [0, 0.1) is 0 Å². The summed E-state index contributed by atoms with van der Waals surface area (Å²) in [7, 11) is 1.55. The SMILES string of the molecule is CCCOc1c(Cl)cc(C(=O)N2CCN(c3nccs3)CC2)cc1OC. The number of amides is 1. The first-order valence-corrected chi connectivity index (χ1v) is 9.83. The summed E-state index contributed by atoms with van der Waals surface area (Å²) in [5.41, 5.74) is 0.512. The van der Waals surface area contributed by atoms with Gasteiger partial charge >= 0.3 is 0 Å². The van der Waals surface area contributed by atoms with Crippen LogP contribution in [-0.2, 0) is 0 Å². The van der Waals surface area contributed by atoms with Gasteiger partial charge in [-0.25, -0.2) is 4.98 Å². The van der Waals surface area contributed by atoms with Crippen molar-refractivity contribution < 1.29 is 14.3 Å². The molecule has 0 aliphatic carbocycles. The molecular weight excluding hydrogens is 374 g/mol. The lowest BCUT2D eigenvalue weighted by molar-refractivity contribution is 0.0746. The molecule has 26 heavy (non-hydrogen) atoms. The minimum absolute atomic E-state index is 0.0500. The zero-order chi connectivity index (χ0) is 18.5. The fourth-order valence-electron chi connectivity index (χ4n) is 2.84. The number of anilines is 1. The highest BCUT2D eigenvalue weighted by molar-refractivity contribution is 7.13. The van der Waals surface area contributed by atoms with Crippen LogP contribution in [-0.4, -0.2) is 55.7 Å². The molecule has 1 fully saturated rings. The molecule has 6 nitrogen and oxygen atoms in total. The van der Waals surface area contributed by atoms with E-state index in [1.165, 1.54) is 0 Å². The van der Waals surface area contributed by atoms with Crippen LogP contribution < -0.4 is 14.4 Å². The van der Waals surface area contributed by atoms with Crippen LogP contribution in [0.15, 0.2) is 23.7 Å². The number of aromatic nitrogens is 1. The molecule has 0 spiro atoms. The van der Waals surface area contributed by atoms with Crippen molar-refractivity contribution in [1.29, 1.82) is 0 Å². The summed E-state index contributed by atoms with van der Waals surface area (Å²) in [6.07, 6.45) is 2.66. The quantitative estimate of drug-likeness (QED) is 0.748. The third-order valence-electron chi connectivity index (χ3n) is 4.18. The van der Waals surface area contributed by atoms with Gasteiger partial charge < -0.3 is 19.3 Å². The van der Waals surface area contributed by atoms with Crippen molar-refractivity contribution in [1.82, 2.24) is 9.88 Å². The van der Waals surface area contributed by atoms with Crippen LogP contribution in [0.1, 0.15) is 23.7 Å². The standard InChI is InChI=1S/C18H22ClN3O3S/c1-3-9-25-16-14(19)11-13(12-15(16)24-2)17(23)21-5-7-22(8-6-21)18-20-4-10-26-18/h4,10-12H,3,5-9H2,1-2H3. The first kappa shape index (κ1) is 18.8. The molecule has 8 heteroatoms. The van der Waals surface area contributed by atoms with Crippen LogP contribution in [0.3, 0.4) is 0 Å². The molecule has 1 aromatic carbocycles. The summed E-state index contributed by atoms with van der Waals surface area (Å²) in [5.74, 6) is 0.919. The summed E-state index contributed by atoms with van der Waals surface area (Å²) in [6.45, 7) is 5.38. The number of hydrogen-bond acceptors (Lipinski definition) is 6. The number of thiazole rings is 1. The number of halogens is 1.